The number of rotatable bonds is 5. The molecule has 0 fully saturated rings. The van der Waals surface area contributed by atoms with Crippen molar-refractivity contribution < 1.29 is 14.7 Å². The van der Waals surface area contributed by atoms with Crippen molar-refractivity contribution in [1.29, 1.82) is 0 Å². The first-order valence-electron chi connectivity index (χ1n) is 5.90. The Balaban J connectivity index is 2.54. The highest BCUT2D eigenvalue weighted by Crippen LogP contribution is 2.20. The van der Waals surface area contributed by atoms with E-state index in [0.29, 0.717) is 13.0 Å². The first-order chi connectivity index (χ1) is 8.90. The van der Waals surface area contributed by atoms with Crippen molar-refractivity contribution in [2.24, 2.45) is 0 Å². The molecule has 1 rings (SSSR count). The van der Waals surface area contributed by atoms with E-state index in [9.17, 15) is 9.59 Å². The number of carbonyl (C=O) groups is 2. The Morgan fingerprint density at radius 3 is 2.74 bits per heavy atom. The SMILES string of the molecule is Cc1ccc(Br)cc1NC(=O)N(C)CCCC(=O)O. The van der Waals surface area contributed by atoms with Gasteiger partial charge >= 0.3 is 12.0 Å². The lowest BCUT2D eigenvalue weighted by Gasteiger charge is -2.18. The molecule has 0 heterocycles. The van der Waals surface area contributed by atoms with Gasteiger partial charge in [0.05, 0.1) is 0 Å². The first-order valence-corrected chi connectivity index (χ1v) is 6.69. The van der Waals surface area contributed by atoms with Gasteiger partial charge in [-0.3, -0.25) is 4.79 Å². The lowest BCUT2D eigenvalue weighted by atomic mass is 10.2. The van der Waals surface area contributed by atoms with Gasteiger partial charge in [0.2, 0.25) is 0 Å². The van der Waals surface area contributed by atoms with Gasteiger partial charge in [0, 0.05) is 30.2 Å². The highest BCUT2D eigenvalue weighted by molar-refractivity contribution is 9.10. The summed E-state index contributed by atoms with van der Waals surface area (Å²) in [5, 5.41) is 11.3. The molecule has 0 aliphatic heterocycles. The Morgan fingerprint density at radius 2 is 2.11 bits per heavy atom. The van der Waals surface area contributed by atoms with Crippen molar-refractivity contribution in [2.45, 2.75) is 19.8 Å². The van der Waals surface area contributed by atoms with Crippen molar-refractivity contribution in [3.05, 3.63) is 28.2 Å². The standard InChI is InChI=1S/C13H17BrN2O3/c1-9-5-6-10(14)8-11(9)15-13(19)16(2)7-3-4-12(17)18/h5-6,8H,3-4,7H2,1-2H3,(H,15,19)(H,17,18). The van der Waals surface area contributed by atoms with E-state index < -0.39 is 5.97 Å². The maximum absolute atomic E-state index is 11.9. The number of urea groups is 1. The summed E-state index contributed by atoms with van der Waals surface area (Å²) in [5.41, 5.74) is 1.71. The lowest BCUT2D eigenvalue weighted by molar-refractivity contribution is -0.137. The minimum atomic E-state index is -0.850. The monoisotopic (exact) mass is 328 g/mol. The number of hydrogen-bond acceptors (Lipinski definition) is 2. The van der Waals surface area contributed by atoms with Crippen LogP contribution in [0.5, 0.6) is 0 Å². The Bertz CT molecular complexity index is 477. The maximum atomic E-state index is 11.9. The fraction of sp³-hybridized carbons (Fsp3) is 0.385. The predicted octanol–water partition coefficient (Wildman–Crippen LogP) is 3.09. The van der Waals surface area contributed by atoms with Gasteiger partial charge < -0.3 is 15.3 Å². The molecule has 2 amide bonds. The van der Waals surface area contributed by atoms with E-state index in [1.54, 1.807) is 7.05 Å². The van der Waals surface area contributed by atoms with Crippen LogP contribution in [0.4, 0.5) is 10.5 Å². The van der Waals surface area contributed by atoms with Gasteiger partial charge in [0.25, 0.3) is 0 Å². The van der Waals surface area contributed by atoms with Crippen molar-refractivity contribution in [2.75, 3.05) is 18.9 Å². The number of aryl methyl sites for hydroxylation is 1. The van der Waals surface area contributed by atoms with Gasteiger partial charge in [-0.15, -0.1) is 0 Å². The zero-order valence-electron chi connectivity index (χ0n) is 10.9. The Kier molecular flexibility index (Phi) is 5.82. The van der Waals surface area contributed by atoms with Gasteiger partial charge in [0.1, 0.15) is 0 Å². The normalized spacial score (nSPS) is 10.1. The second-order valence-corrected chi connectivity index (χ2v) is 5.22. The largest absolute Gasteiger partial charge is 0.481 e. The van der Waals surface area contributed by atoms with Crippen LogP contribution in [0.1, 0.15) is 18.4 Å². The molecule has 0 bridgehead atoms. The van der Waals surface area contributed by atoms with E-state index in [1.807, 2.05) is 25.1 Å². The Hall–Kier alpha value is -1.56. The van der Waals surface area contributed by atoms with E-state index in [0.717, 1.165) is 15.7 Å². The van der Waals surface area contributed by atoms with E-state index in [2.05, 4.69) is 21.2 Å². The van der Waals surface area contributed by atoms with Crippen LogP contribution in [-0.2, 0) is 4.79 Å². The number of amides is 2. The van der Waals surface area contributed by atoms with Gasteiger partial charge in [-0.1, -0.05) is 22.0 Å². The number of carboxylic acids is 1. The van der Waals surface area contributed by atoms with E-state index in [-0.39, 0.29) is 12.5 Å². The van der Waals surface area contributed by atoms with Crippen molar-refractivity contribution in [1.82, 2.24) is 4.90 Å². The molecular formula is C13H17BrN2O3. The van der Waals surface area contributed by atoms with Crippen LogP contribution in [0, 0.1) is 6.92 Å². The average molecular weight is 329 g/mol. The molecule has 1 aromatic carbocycles. The quantitative estimate of drug-likeness (QED) is 0.872. The molecule has 0 aliphatic carbocycles. The number of aliphatic carboxylic acids is 1. The van der Waals surface area contributed by atoms with Gasteiger partial charge in [-0.05, 0) is 31.0 Å². The van der Waals surface area contributed by atoms with Crippen LogP contribution >= 0.6 is 15.9 Å². The molecule has 0 saturated heterocycles. The molecule has 6 heteroatoms. The summed E-state index contributed by atoms with van der Waals surface area (Å²) in [6.45, 7) is 2.32. The summed E-state index contributed by atoms with van der Waals surface area (Å²) in [6, 6.07) is 5.40. The van der Waals surface area contributed by atoms with Crippen molar-refractivity contribution in [3.8, 4) is 0 Å². The fourth-order valence-electron chi connectivity index (χ4n) is 1.51. The molecule has 0 saturated carbocycles. The zero-order valence-corrected chi connectivity index (χ0v) is 12.5. The van der Waals surface area contributed by atoms with Gasteiger partial charge in [-0.2, -0.15) is 0 Å². The molecule has 0 atom stereocenters. The molecule has 1 aromatic rings. The van der Waals surface area contributed by atoms with Gasteiger partial charge in [-0.25, -0.2) is 4.79 Å². The van der Waals surface area contributed by atoms with Crippen LogP contribution in [0.25, 0.3) is 0 Å². The smallest absolute Gasteiger partial charge is 0.321 e. The minimum Gasteiger partial charge on any atom is -0.481 e. The van der Waals surface area contributed by atoms with E-state index in [4.69, 9.17) is 5.11 Å². The van der Waals surface area contributed by atoms with E-state index in [1.165, 1.54) is 4.90 Å². The second kappa shape index (κ2) is 7.13. The molecule has 19 heavy (non-hydrogen) atoms. The average Bonchev–Trinajstić information content (AvgIpc) is 2.33. The number of carboxylic acid groups (broad SMARTS) is 1. The number of anilines is 1. The third-order valence-electron chi connectivity index (χ3n) is 2.67. The number of halogens is 1. The molecular weight excluding hydrogens is 312 g/mol. The predicted molar refractivity (Wildman–Crippen MR) is 77.4 cm³/mol. The van der Waals surface area contributed by atoms with Crippen LogP contribution in [0.3, 0.4) is 0 Å². The zero-order chi connectivity index (χ0) is 14.4. The Morgan fingerprint density at radius 1 is 1.42 bits per heavy atom. The van der Waals surface area contributed by atoms with Gasteiger partial charge in [0.15, 0.2) is 0 Å². The topological polar surface area (TPSA) is 69.6 Å². The summed E-state index contributed by atoms with van der Waals surface area (Å²) in [7, 11) is 1.64. The molecule has 104 valence electrons. The first kappa shape index (κ1) is 15.5. The minimum absolute atomic E-state index is 0.0630. The molecule has 0 spiro atoms. The summed E-state index contributed by atoms with van der Waals surface area (Å²) >= 11 is 3.35. The second-order valence-electron chi connectivity index (χ2n) is 4.31. The van der Waals surface area contributed by atoms with Crippen LogP contribution < -0.4 is 5.32 Å². The number of hydrogen-bond donors (Lipinski definition) is 2. The van der Waals surface area contributed by atoms with Crippen LogP contribution in [0.15, 0.2) is 22.7 Å². The number of nitrogens with one attached hydrogen (secondary N) is 1. The number of benzene rings is 1. The highest BCUT2D eigenvalue weighted by atomic mass is 79.9. The maximum Gasteiger partial charge on any atom is 0.321 e. The highest BCUT2D eigenvalue weighted by Gasteiger charge is 2.10. The molecule has 0 aliphatic rings. The molecule has 0 aromatic heterocycles. The summed E-state index contributed by atoms with van der Waals surface area (Å²) < 4.78 is 0.891. The van der Waals surface area contributed by atoms with Crippen molar-refractivity contribution in [3.63, 3.8) is 0 Å². The molecule has 2 N–H and O–H groups in total. The Labute approximate surface area is 120 Å². The van der Waals surface area contributed by atoms with Crippen LogP contribution in [0.2, 0.25) is 0 Å². The summed E-state index contributed by atoms with van der Waals surface area (Å²) in [5.74, 6) is -0.850. The summed E-state index contributed by atoms with van der Waals surface area (Å²) in [6.07, 6.45) is 0.504. The van der Waals surface area contributed by atoms with Crippen LogP contribution in [-0.4, -0.2) is 35.6 Å². The summed E-state index contributed by atoms with van der Waals surface area (Å²) in [4.78, 5) is 23.8. The molecule has 0 unspecified atom stereocenters. The number of carbonyl (C=O) groups excluding carboxylic acids is 1. The molecule has 0 radical (unpaired) electrons. The third-order valence-corrected chi connectivity index (χ3v) is 3.17. The lowest BCUT2D eigenvalue weighted by Crippen LogP contribution is -2.32. The third kappa shape index (κ3) is 5.30. The molecule has 5 nitrogen and oxygen atoms in total. The van der Waals surface area contributed by atoms with E-state index >= 15 is 0 Å². The number of nitrogens with zero attached hydrogens (tertiary/aromatic N) is 1. The fourth-order valence-corrected chi connectivity index (χ4v) is 1.87. The van der Waals surface area contributed by atoms with Crippen molar-refractivity contribution >= 4 is 33.6 Å².